The Hall–Kier alpha value is -0.940. The van der Waals surface area contributed by atoms with E-state index in [-0.39, 0.29) is 0 Å². The van der Waals surface area contributed by atoms with Crippen molar-refractivity contribution in [3.63, 3.8) is 0 Å². The Morgan fingerprint density at radius 1 is 1.33 bits per heavy atom. The van der Waals surface area contributed by atoms with E-state index in [1.165, 1.54) is 45.2 Å². The largest absolute Gasteiger partial charge is 0.320 e. The summed E-state index contributed by atoms with van der Waals surface area (Å²) in [5.41, 5.74) is 0. The molecule has 0 spiro atoms. The minimum atomic E-state index is 0.693. The fourth-order valence-corrected chi connectivity index (χ4v) is 3.34. The molecule has 3 heterocycles. The molecule has 0 amide bonds. The molecule has 2 saturated heterocycles. The Balaban J connectivity index is 1.69. The van der Waals surface area contributed by atoms with Crippen LogP contribution in [0, 0.1) is 0 Å². The molecule has 0 aromatic carbocycles. The molecule has 1 aromatic heterocycles. The van der Waals surface area contributed by atoms with Crippen LogP contribution in [-0.4, -0.2) is 44.8 Å². The molecule has 1 aromatic rings. The molecule has 0 radical (unpaired) electrons. The first kappa shape index (κ1) is 12.1. The molecular formula is C13H23N5. The Morgan fingerprint density at radius 3 is 3.00 bits per heavy atom. The summed E-state index contributed by atoms with van der Waals surface area (Å²) >= 11 is 0. The van der Waals surface area contributed by atoms with Gasteiger partial charge in [-0.1, -0.05) is 6.42 Å². The summed E-state index contributed by atoms with van der Waals surface area (Å²) in [5.74, 6) is 1.08. The van der Waals surface area contributed by atoms with E-state index in [9.17, 15) is 0 Å². The summed E-state index contributed by atoms with van der Waals surface area (Å²) in [5, 5.41) is 11.9. The molecule has 2 aliphatic heterocycles. The summed E-state index contributed by atoms with van der Waals surface area (Å²) in [7, 11) is 2.03. The van der Waals surface area contributed by atoms with Gasteiger partial charge in [-0.3, -0.25) is 4.90 Å². The van der Waals surface area contributed by atoms with Crippen LogP contribution in [0.25, 0.3) is 0 Å². The zero-order valence-electron chi connectivity index (χ0n) is 11.2. The van der Waals surface area contributed by atoms with Crippen molar-refractivity contribution in [2.75, 3.05) is 13.1 Å². The number of likely N-dealkylation sites (tertiary alicyclic amines) is 1. The molecular weight excluding hydrogens is 226 g/mol. The Morgan fingerprint density at radius 2 is 2.28 bits per heavy atom. The van der Waals surface area contributed by atoms with Crippen LogP contribution in [0.2, 0.25) is 0 Å². The smallest absolute Gasteiger partial charge is 0.146 e. The van der Waals surface area contributed by atoms with Crippen LogP contribution >= 0.6 is 0 Å². The van der Waals surface area contributed by atoms with Gasteiger partial charge < -0.3 is 9.88 Å². The number of nitrogens with one attached hydrogen (secondary N) is 1. The fraction of sp³-hybridized carbons (Fsp3) is 0.846. The molecule has 1 N–H and O–H groups in total. The topological polar surface area (TPSA) is 46.0 Å². The van der Waals surface area contributed by atoms with E-state index in [0.29, 0.717) is 12.1 Å². The molecule has 2 unspecified atom stereocenters. The Kier molecular flexibility index (Phi) is 3.61. The lowest BCUT2D eigenvalue weighted by molar-refractivity contribution is 0.108. The minimum Gasteiger partial charge on any atom is -0.320 e. The van der Waals surface area contributed by atoms with E-state index in [4.69, 9.17) is 0 Å². The monoisotopic (exact) mass is 249 g/mol. The van der Waals surface area contributed by atoms with Gasteiger partial charge in [0.2, 0.25) is 0 Å². The highest BCUT2D eigenvalue weighted by Crippen LogP contribution is 2.25. The second-order valence-electron chi connectivity index (χ2n) is 5.59. The molecule has 18 heavy (non-hydrogen) atoms. The highest BCUT2D eigenvalue weighted by atomic mass is 15.3. The lowest BCUT2D eigenvalue weighted by atomic mass is 9.94. The van der Waals surface area contributed by atoms with Gasteiger partial charge in [0.25, 0.3) is 0 Å². The normalized spacial score (nSPS) is 29.8. The predicted molar refractivity (Wildman–Crippen MR) is 70.1 cm³/mol. The lowest BCUT2D eigenvalue weighted by Crippen LogP contribution is -2.49. The summed E-state index contributed by atoms with van der Waals surface area (Å²) < 4.78 is 2.04. The van der Waals surface area contributed by atoms with Gasteiger partial charge in [0, 0.05) is 19.1 Å². The molecule has 100 valence electrons. The summed E-state index contributed by atoms with van der Waals surface area (Å²) in [6.45, 7) is 3.34. The van der Waals surface area contributed by atoms with Gasteiger partial charge in [-0.25, -0.2) is 0 Å². The van der Waals surface area contributed by atoms with Crippen molar-refractivity contribution in [2.45, 2.75) is 50.7 Å². The van der Waals surface area contributed by atoms with Crippen LogP contribution in [0.3, 0.4) is 0 Å². The summed E-state index contributed by atoms with van der Waals surface area (Å²) in [6.07, 6.45) is 8.48. The summed E-state index contributed by atoms with van der Waals surface area (Å²) in [4.78, 5) is 2.61. The van der Waals surface area contributed by atoms with Crippen LogP contribution in [0.1, 0.15) is 37.9 Å². The van der Waals surface area contributed by atoms with Gasteiger partial charge in [0.1, 0.15) is 12.2 Å². The van der Waals surface area contributed by atoms with Gasteiger partial charge >= 0.3 is 0 Å². The molecule has 5 heteroatoms. The van der Waals surface area contributed by atoms with Crippen molar-refractivity contribution in [3.05, 3.63) is 12.2 Å². The number of hydrogen-bond donors (Lipinski definition) is 1. The molecule has 0 aliphatic carbocycles. The van der Waals surface area contributed by atoms with E-state index in [1.807, 2.05) is 11.6 Å². The SMILES string of the molecule is Cn1cnnc1CN1CCCCC1C1CCCN1. The van der Waals surface area contributed by atoms with Crippen molar-refractivity contribution in [2.24, 2.45) is 7.05 Å². The molecule has 2 fully saturated rings. The van der Waals surface area contributed by atoms with Crippen LogP contribution in [-0.2, 0) is 13.6 Å². The third-order valence-corrected chi connectivity index (χ3v) is 4.38. The third-order valence-electron chi connectivity index (χ3n) is 4.38. The van der Waals surface area contributed by atoms with Gasteiger partial charge in [-0.05, 0) is 38.8 Å². The Labute approximate surface area is 109 Å². The second kappa shape index (κ2) is 5.36. The molecule has 5 nitrogen and oxygen atoms in total. The lowest BCUT2D eigenvalue weighted by Gasteiger charge is -2.38. The molecule has 0 bridgehead atoms. The molecule has 3 rings (SSSR count). The van der Waals surface area contributed by atoms with Gasteiger partial charge in [-0.2, -0.15) is 0 Å². The van der Waals surface area contributed by atoms with E-state index in [0.717, 1.165) is 12.4 Å². The zero-order chi connectivity index (χ0) is 12.4. The highest BCUT2D eigenvalue weighted by molar-refractivity contribution is 4.93. The van der Waals surface area contributed by atoms with Gasteiger partial charge in [0.15, 0.2) is 0 Å². The minimum absolute atomic E-state index is 0.693. The second-order valence-corrected chi connectivity index (χ2v) is 5.59. The van der Waals surface area contributed by atoms with Crippen LogP contribution in [0.5, 0.6) is 0 Å². The maximum absolute atomic E-state index is 4.22. The van der Waals surface area contributed by atoms with E-state index < -0.39 is 0 Å². The van der Waals surface area contributed by atoms with Crippen LogP contribution < -0.4 is 5.32 Å². The first-order valence-corrected chi connectivity index (χ1v) is 7.15. The standard InChI is InChI=1S/C13H23N5/c1-17-10-15-16-13(17)9-18-8-3-2-6-12(18)11-5-4-7-14-11/h10-12,14H,2-9H2,1H3. The molecule has 2 atom stereocenters. The van der Waals surface area contributed by atoms with Crippen LogP contribution in [0.15, 0.2) is 6.33 Å². The van der Waals surface area contributed by atoms with E-state index >= 15 is 0 Å². The molecule has 0 saturated carbocycles. The number of nitrogens with zero attached hydrogens (tertiary/aromatic N) is 4. The van der Waals surface area contributed by atoms with Gasteiger partial charge in [0.05, 0.1) is 6.54 Å². The van der Waals surface area contributed by atoms with Crippen molar-refractivity contribution < 1.29 is 0 Å². The zero-order valence-corrected chi connectivity index (χ0v) is 11.2. The van der Waals surface area contributed by atoms with Crippen molar-refractivity contribution in [3.8, 4) is 0 Å². The number of aromatic nitrogens is 3. The third kappa shape index (κ3) is 2.42. The molecule has 2 aliphatic rings. The predicted octanol–water partition coefficient (Wildman–Crippen LogP) is 0.922. The maximum atomic E-state index is 4.22. The highest BCUT2D eigenvalue weighted by Gasteiger charge is 2.31. The average Bonchev–Trinajstić information content (AvgIpc) is 3.03. The van der Waals surface area contributed by atoms with Crippen LogP contribution in [0.4, 0.5) is 0 Å². The first-order valence-electron chi connectivity index (χ1n) is 7.15. The summed E-state index contributed by atoms with van der Waals surface area (Å²) in [6, 6.07) is 1.39. The number of rotatable bonds is 3. The van der Waals surface area contributed by atoms with Crippen molar-refractivity contribution in [1.29, 1.82) is 0 Å². The van der Waals surface area contributed by atoms with Gasteiger partial charge in [-0.15, -0.1) is 10.2 Å². The Bertz CT molecular complexity index is 382. The number of piperidine rings is 1. The fourth-order valence-electron chi connectivity index (χ4n) is 3.34. The maximum Gasteiger partial charge on any atom is 0.146 e. The van der Waals surface area contributed by atoms with Crippen molar-refractivity contribution in [1.82, 2.24) is 25.0 Å². The van der Waals surface area contributed by atoms with E-state index in [2.05, 4.69) is 20.4 Å². The number of hydrogen-bond acceptors (Lipinski definition) is 4. The van der Waals surface area contributed by atoms with Crippen molar-refractivity contribution >= 4 is 0 Å². The average molecular weight is 249 g/mol. The van der Waals surface area contributed by atoms with E-state index in [1.54, 1.807) is 6.33 Å². The first-order chi connectivity index (χ1) is 8.84. The quantitative estimate of drug-likeness (QED) is 0.865. The number of aryl methyl sites for hydroxylation is 1.